The number of nitrogens with two attached hydrogens (primary N) is 2. The Morgan fingerprint density at radius 3 is 2.26 bits per heavy atom. The van der Waals surface area contributed by atoms with Crippen LogP contribution in [0, 0.1) is 0 Å². The normalized spacial score (nSPS) is 13.3. The number of amides is 2. The molecule has 312 valence electrons. The minimum atomic E-state index is -5.19. The van der Waals surface area contributed by atoms with Crippen LogP contribution in [0.5, 0.6) is 0 Å². The molecule has 4 heterocycles. The van der Waals surface area contributed by atoms with Gasteiger partial charge in [0.2, 0.25) is 0 Å². The van der Waals surface area contributed by atoms with Crippen LogP contribution in [0.1, 0.15) is 40.5 Å². The number of ether oxygens (including phenoxy) is 3. The Morgan fingerprint density at radius 1 is 1.04 bits per heavy atom. The summed E-state index contributed by atoms with van der Waals surface area (Å²) in [5, 5.41) is 16.2. The molecule has 0 spiro atoms. The highest BCUT2D eigenvalue weighted by Gasteiger charge is 2.32. The molecule has 5 rings (SSSR count). The van der Waals surface area contributed by atoms with Crippen molar-refractivity contribution < 1.29 is 51.4 Å². The van der Waals surface area contributed by atoms with E-state index in [1.807, 2.05) is 37.0 Å². The molecule has 22 heteroatoms. The number of aromatic nitrogens is 6. The van der Waals surface area contributed by atoms with Crippen molar-refractivity contribution in [2.24, 2.45) is 0 Å². The van der Waals surface area contributed by atoms with E-state index in [2.05, 4.69) is 40.5 Å². The predicted molar refractivity (Wildman–Crippen MR) is 200 cm³/mol. The number of hydrogen-bond donors (Lipinski definition) is 3. The Morgan fingerprint density at radius 2 is 1.68 bits per heavy atom. The molecule has 0 saturated carbocycles. The van der Waals surface area contributed by atoms with Crippen molar-refractivity contribution in [2.45, 2.75) is 46.2 Å². The zero-order valence-electron chi connectivity index (χ0n) is 32.1. The molecule has 1 aromatic carbocycles. The molecule has 0 bridgehead atoms. The standard InChI is InChI=1S/C33H46ClN11O5.C2HF3O2/c1-5-44-25-18-22(23-19-38-43(21-23)8-7-41-9-15-50-16-10-41)17-24(33(47)42(11-13-48-3)12-14-49-4)28(25)45(6-2)26(44)20-37-32(46)27-30(35)40-31(36)29(34)39-27;3-2(4,5)1(6)7/h17-19,21H,5-16,20H2,1-4H3,(H4-,35,36,37,40,46);(H,6,7). The summed E-state index contributed by atoms with van der Waals surface area (Å²) in [6, 6.07) is 4.01. The molecule has 0 unspecified atom stereocenters. The number of carbonyl (C=O) groups is 3. The van der Waals surface area contributed by atoms with Crippen LogP contribution in [-0.4, -0.2) is 131 Å². The maximum atomic E-state index is 14.5. The van der Waals surface area contributed by atoms with Crippen molar-refractivity contribution in [2.75, 3.05) is 84.8 Å². The quantitative estimate of drug-likeness (QED) is 0.133. The largest absolute Gasteiger partial charge is 0.542 e. The summed E-state index contributed by atoms with van der Waals surface area (Å²) in [5.41, 5.74) is 15.4. The molecule has 1 aliphatic rings. The van der Waals surface area contributed by atoms with Gasteiger partial charge in [0.1, 0.15) is 12.5 Å². The third-order valence-corrected chi connectivity index (χ3v) is 9.31. The lowest BCUT2D eigenvalue weighted by Crippen LogP contribution is -2.42. The summed E-state index contributed by atoms with van der Waals surface area (Å²) in [4.78, 5) is 48.6. The van der Waals surface area contributed by atoms with E-state index in [9.17, 15) is 22.8 Å². The number of morpholine rings is 1. The second-order valence-electron chi connectivity index (χ2n) is 12.6. The van der Waals surface area contributed by atoms with Gasteiger partial charge in [-0.15, -0.1) is 0 Å². The maximum Gasteiger partial charge on any atom is 0.430 e. The van der Waals surface area contributed by atoms with E-state index >= 15 is 0 Å². The van der Waals surface area contributed by atoms with E-state index < -0.39 is 18.1 Å². The number of methoxy groups -OCH3 is 2. The number of fused-ring (bicyclic) bond motifs is 1. The van der Waals surface area contributed by atoms with E-state index in [1.165, 1.54) is 0 Å². The molecule has 4 aromatic rings. The fraction of sp³-hybridized carbons (Fsp3) is 0.514. The van der Waals surface area contributed by atoms with Gasteiger partial charge >= 0.3 is 6.18 Å². The van der Waals surface area contributed by atoms with Crippen molar-refractivity contribution in [3.8, 4) is 11.1 Å². The Labute approximate surface area is 331 Å². The summed E-state index contributed by atoms with van der Waals surface area (Å²) < 4.78 is 53.8. The molecular weight excluding hydrogens is 779 g/mol. The van der Waals surface area contributed by atoms with Gasteiger partial charge in [0.15, 0.2) is 33.5 Å². The number of benzene rings is 1. The minimum Gasteiger partial charge on any atom is -0.542 e. The van der Waals surface area contributed by atoms with Crippen molar-refractivity contribution >= 4 is 52.1 Å². The predicted octanol–water partition coefficient (Wildman–Crippen LogP) is 0.736. The Hall–Kier alpha value is -5.09. The Kier molecular flexibility index (Phi) is 15.9. The van der Waals surface area contributed by atoms with E-state index in [1.54, 1.807) is 19.1 Å². The zero-order valence-corrected chi connectivity index (χ0v) is 32.9. The number of alkyl halides is 3. The third kappa shape index (κ3) is 11.3. The van der Waals surface area contributed by atoms with Crippen LogP contribution < -0.4 is 26.5 Å². The number of carbonyl (C=O) groups excluding carboxylic acids is 3. The van der Waals surface area contributed by atoms with E-state index in [0.717, 1.165) is 67.4 Å². The number of carboxylic acid groups (broad SMARTS) is 1. The van der Waals surface area contributed by atoms with Crippen LogP contribution >= 0.6 is 11.6 Å². The molecule has 1 fully saturated rings. The summed E-state index contributed by atoms with van der Waals surface area (Å²) in [7, 11) is 3.22. The van der Waals surface area contributed by atoms with Crippen molar-refractivity contribution in [3.63, 3.8) is 0 Å². The highest BCUT2D eigenvalue weighted by Crippen LogP contribution is 2.29. The summed E-state index contributed by atoms with van der Waals surface area (Å²) in [6.07, 6.45) is -1.35. The van der Waals surface area contributed by atoms with Gasteiger partial charge in [-0.25, -0.2) is 19.1 Å². The lowest BCUT2D eigenvalue weighted by molar-refractivity contribution is -0.676. The molecule has 0 aliphatic carbocycles. The van der Waals surface area contributed by atoms with Gasteiger partial charge in [-0.1, -0.05) is 11.6 Å². The van der Waals surface area contributed by atoms with E-state index in [0.29, 0.717) is 45.0 Å². The molecule has 18 nitrogen and oxygen atoms in total. The zero-order chi connectivity index (χ0) is 41.9. The third-order valence-electron chi connectivity index (χ3n) is 9.03. The first-order valence-corrected chi connectivity index (χ1v) is 18.4. The molecule has 0 atom stereocenters. The van der Waals surface area contributed by atoms with Crippen LogP contribution in [0.15, 0.2) is 24.5 Å². The van der Waals surface area contributed by atoms with Gasteiger partial charge in [-0.3, -0.25) is 19.2 Å². The maximum absolute atomic E-state index is 14.5. The first-order valence-electron chi connectivity index (χ1n) is 18.0. The fourth-order valence-corrected chi connectivity index (χ4v) is 6.31. The highest BCUT2D eigenvalue weighted by atomic mass is 35.5. The Balaban J connectivity index is 0.000000940. The van der Waals surface area contributed by atoms with Crippen LogP contribution in [0.4, 0.5) is 24.8 Å². The average Bonchev–Trinajstić information content (AvgIpc) is 3.79. The summed E-state index contributed by atoms with van der Waals surface area (Å²) >= 11 is 6.05. The van der Waals surface area contributed by atoms with Gasteiger partial charge in [0.05, 0.1) is 57.8 Å². The number of carboxylic acids is 1. The van der Waals surface area contributed by atoms with Crippen molar-refractivity contribution in [1.29, 1.82) is 0 Å². The number of aryl methyl sites for hydroxylation is 2. The number of hydrogen-bond acceptors (Lipinski definition) is 13. The molecular formula is C35H47ClF3N11O7. The molecule has 0 radical (unpaired) electrons. The van der Waals surface area contributed by atoms with Gasteiger partial charge in [0.25, 0.3) is 17.6 Å². The first kappa shape index (κ1) is 44.6. The molecule has 5 N–H and O–H groups in total. The SMILES string of the molecule is CCn1c(CNC(=O)c2nc(Cl)c(N)nc2N)[n+](CC)c2c(C(=O)N(CCOC)CCOC)cc(-c3cnn(CCN4CCOCC4)c3)cc21.O=C([O-])C(F)(F)F. The number of anilines is 2. The summed E-state index contributed by atoms with van der Waals surface area (Å²) in [6.45, 7) is 11.6. The van der Waals surface area contributed by atoms with Crippen LogP contribution in [0.25, 0.3) is 22.2 Å². The second kappa shape index (κ2) is 20.4. The molecule has 1 aliphatic heterocycles. The van der Waals surface area contributed by atoms with Crippen LogP contribution in [0.2, 0.25) is 5.15 Å². The number of rotatable bonds is 16. The van der Waals surface area contributed by atoms with E-state index in [4.69, 9.17) is 47.2 Å². The Bertz CT molecular complexity index is 2010. The van der Waals surface area contributed by atoms with Gasteiger partial charge in [0, 0.05) is 58.7 Å². The van der Waals surface area contributed by atoms with Crippen LogP contribution in [-0.2, 0) is 45.2 Å². The summed E-state index contributed by atoms with van der Waals surface area (Å²) in [5.74, 6) is -3.13. The first-order chi connectivity index (χ1) is 27.1. The second-order valence-corrected chi connectivity index (χ2v) is 13.0. The lowest BCUT2D eigenvalue weighted by atomic mass is 10.0. The molecule has 3 aromatic heterocycles. The lowest BCUT2D eigenvalue weighted by Gasteiger charge is -2.26. The number of nitrogens with one attached hydrogen (secondary N) is 1. The van der Waals surface area contributed by atoms with Crippen molar-refractivity contribution in [3.05, 3.63) is 46.8 Å². The molecule has 57 heavy (non-hydrogen) atoms. The molecule has 2 amide bonds. The van der Waals surface area contributed by atoms with Gasteiger partial charge < -0.3 is 45.8 Å². The van der Waals surface area contributed by atoms with Crippen molar-refractivity contribution in [1.82, 2.24) is 39.4 Å². The van der Waals surface area contributed by atoms with Gasteiger partial charge in [-0.05, 0) is 31.5 Å². The number of halogens is 4. The topological polar surface area (TPSA) is 225 Å². The molecule has 1 saturated heterocycles. The van der Waals surface area contributed by atoms with E-state index in [-0.39, 0.29) is 34.9 Å². The fourth-order valence-electron chi connectivity index (χ4n) is 6.18. The monoisotopic (exact) mass is 825 g/mol. The van der Waals surface area contributed by atoms with Crippen LogP contribution in [0.3, 0.4) is 0 Å². The minimum absolute atomic E-state index is 0.0589. The average molecular weight is 826 g/mol. The number of imidazole rings is 1. The smallest absolute Gasteiger partial charge is 0.430 e. The number of aliphatic carboxylic acids is 1. The number of nitrogens with zero attached hydrogens (tertiary/aromatic N) is 8. The van der Waals surface area contributed by atoms with Gasteiger partial charge in [-0.2, -0.15) is 18.3 Å². The highest BCUT2D eigenvalue weighted by molar-refractivity contribution is 6.31. The number of nitrogen functional groups attached to an aromatic ring is 2.